The second kappa shape index (κ2) is 7.96. The monoisotopic (exact) mass is 414 g/mol. The lowest BCUT2D eigenvalue weighted by atomic mass is 10.0. The third-order valence-corrected chi connectivity index (χ3v) is 4.38. The number of hydrogen-bond donors (Lipinski definition) is 1. The number of sulfonamides is 1. The van der Waals surface area contributed by atoms with Crippen LogP contribution in [0.3, 0.4) is 0 Å². The predicted molar refractivity (Wildman–Crippen MR) is 97.9 cm³/mol. The average molecular weight is 415 g/mol. The third kappa shape index (κ3) is 4.93. The molecule has 6 nitrogen and oxygen atoms in total. The van der Waals surface area contributed by atoms with Crippen LogP contribution >= 0.6 is 15.9 Å². The van der Waals surface area contributed by atoms with Crippen molar-refractivity contribution in [2.75, 3.05) is 31.3 Å². The van der Waals surface area contributed by atoms with Gasteiger partial charge in [0.1, 0.15) is 12.4 Å². The lowest BCUT2D eigenvalue weighted by Gasteiger charge is -2.15. The fraction of sp³-hybridized carbons (Fsp3) is 0.312. The summed E-state index contributed by atoms with van der Waals surface area (Å²) in [5.41, 5.74) is 3.16. The maximum absolute atomic E-state index is 11.4. The topological polar surface area (TPSA) is 77.5 Å². The zero-order valence-electron chi connectivity index (χ0n) is 13.7. The number of nitrogens with zero attached hydrogens (tertiary/aromatic N) is 1. The minimum atomic E-state index is -3.31. The first-order valence-electron chi connectivity index (χ1n) is 7.16. The second-order valence-electron chi connectivity index (χ2n) is 5.24. The molecule has 0 saturated carbocycles. The molecule has 0 aliphatic rings. The SMILES string of the molecule is COCCOc1c(Br)cncc1-c1ccc(NS(C)(=O)=O)cc1C. The summed E-state index contributed by atoms with van der Waals surface area (Å²) < 4.78 is 36.7. The molecular weight excluding hydrogens is 396 g/mol. The molecule has 0 amide bonds. The van der Waals surface area contributed by atoms with Crippen LogP contribution in [-0.2, 0) is 14.8 Å². The quantitative estimate of drug-likeness (QED) is 0.703. The van der Waals surface area contributed by atoms with Crippen molar-refractivity contribution in [3.05, 3.63) is 40.6 Å². The smallest absolute Gasteiger partial charge is 0.229 e. The molecule has 0 bridgehead atoms. The molecule has 0 aliphatic carbocycles. The van der Waals surface area contributed by atoms with E-state index < -0.39 is 10.0 Å². The highest BCUT2D eigenvalue weighted by Crippen LogP contribution is 2.37. The largest absolute Gasteiger partial charge is 0.489 e. The molecule has 0 radical (unpaired) electrons. The van der Waals surface area contributed by atoms with Crippen LogP contribution in [0.1, 0.15) is 5.56 Å². The molecule has 2 aromatic rings. The first kappa shape index (κ1) is 18.7. The Morgan fingerprint density at radius 1 is 1.21 bits per heavy atom. The minimum absolute atomic E-state index is 0.416. The van der Waals surface area contributed by atoms with Gasteiger partial charge in [-0.25, -0.2) is 8.42 Å². The average Bonchev–Trinajstić information content (AvgIpc) is 2.48. The fourth-order valence-electron chi connectivity index (χ4n) is 2.23. The van der Waals surface area contributed by atoms with Crippen LogP contribution in [0.2, 0.25) is 0 Å². The van der Waals surface area contributed by atoms with E-state index >= 15 is 0 Å². The van der Waals surface area contributed by atoms with Crippen molar-refractivity contribution < 1.29 is 17.9 Å². The van der Waals surface area contributed by atoms with Gasteiger partial charge >= 0.3 is 0 Å². The summed E-state index contributed by atoms with van der Waals surface area (Å²) in [4.78, 5) is 4.20. The van der Waals surface area contributed by atoms with Crippen LogP contribution in [-0.4, -0.2) is 40.0 Å². The Hall–Kier alpha value is -1.64. The molecule has 0 saturated heterocycles. The number of rotatable bonds is 7. The maximum Gasteiger partial charge on any atom is 0.229 e. The van der Waals surface area contributed by atoms with Gasteiger partial charge in [-0.05, 0) is 46.1 Å². The summed E-state index contributed by atoms with van der Waals surface area (Å²) in [5.74, 6) is 0.675. The lowest BCUT2D eigenvalue weighted by molar-refractivity contribution is 0.146. The normalized spacial score (nSPS) is 11.3. The summed E-state index contributed by atoms with van der Waals surface area (Å²) in [6.45, 7) is 2.80. The Morgan fingerprint density at radius 2 is 1.96 bits per heavy atom. The van der Waals surface area contributed by atoms with Gasteiger partial charge in [0.25, 0.3) is 0 Å². The lowest BCUT2D eigenvalue weighted by Crippen LogP contribution is -2.09. The molecule has 0 atom stereocenters. The third-order valence-electron chi connectivity index (χ3n) is 3.21. The molecule has 2 rings (SSSR count). The molecule has 1 N–H and O–H groups in total. The number of aryl methyl sites for hydroxylation is 1. The van der Waals surface area contributed by atoms with Crippen LogP contribution in [0.15, 0.2) is 35.1 Å². The highest BCUT2D eigenvalue weighted by atomic mass is 79.9. The van der Waals surface area contributed by atoms with Gasteiger partial charge in [0.2, 0.25) is 10.0 Å². The zero-order valence-corrected chi connectivity index (χ0v) is 16.1. The van der Waals surface area contributed by atoms with Crippen LogP contribution in [0.25, 0.3) is 11.1 Å². The highest BCUT2D eigenvalue weighted by molar-refractivity contribution is 9.10. The summed E-state index contributed by atoms with van der Waals surface area (Å²) in [5, 5.41) is 0. The van der Waals surface area contributed by atoms with E-state index in [0.29, 0.717) is 24.7 Å². The van der Waals surface area contributed by atoms with E-state index in [0.717, 1.165) is 27.4 Å². The second-order valence-corrected chi connectivity index (χ2v) is 7.85. The standard InChI is InChI=1S/C16H19BrN2O4S/c1-11-8-12(19-24(3,20)21)4-5-13(11)14-9-18-10-15(17)16(14)23-7-6-22-2/h4-5,8-10,19H,6-7H2,1-3H3. The number of halogens is 1. The number of anilines is 1. The molecule has 1 aromatic heterocycles. The van der Waals surface area contributed by atoms with Gasteiger partial charge < -0.3 is 9.47 Å². The molecule has 1 heterocycles. The Balaban J connectivity index is 2.39. The minimum Gasteiger partial charge on any atom is -0.489 e. The number of ether oxygens (including phenoxy) is 2. The van der Waals surface area contributed by atoms with Gasteiger partial charge in [-0.1, -0.05) is 6.07 Å². The van der Waals surface area contributed by atoms with Crippen LogP contribution in [0.4, 0.5) is 5.69 Å². The summed E-state index contributed by atoms with van der Waals surface area (Å²) in [6.07, 6.45) is 4.51. The van der Waals surface area contributed by atoms with Gasteiger partial charge in [0.05, 0.1) is 17.3 Å². The van der Waals surface area contributed by atoms with Gasteiger partial charge in [-0.2, -0.15) is 0 Å². The Bertz CT molecular complexity index is 825. The Morgan fingerprint density at radius 3 is 2.58 bits per heavy atom. The molecule has 1 aromatic carbocycles. The van der Waals surface area contributed by atoms with Crippen molar-refractivity contribution in [3.63, 3.8) is 0 Å². The summed E-state index contributed by atoms with van der Waals surface area (Å²) in [6, 6.07) is 5.33. The molecule has 0 spiro atoms. The number of hydrogen-bond acceptors (Lipinski definition) is 5. The van der Waals surface area contributed by atoms with E-state index in [1.807, 2.05) is 13.0 Å². The number of methoxy groups -OCH3 is 1. The van der Waals surface area contributed by atoms with E-state index in [1.54, 1.807) is 31.6 Å². The van der Waals surface area contributed by atoms with E-state index in [9.17, 15) is 8.42 Å². The van der Waals surface area contributed by atoms with E-state index in [2.05, 4.69) is 25.6 Å². The number of nitrogens with one attached hydrogen (secondary N) is 1. The van der Waals surface area contributed by atoms with E-state index in [1.165, 1.54) is 0 Å². The zero-order chi connectivity index (χ0) is 17.7. The first-order chi connectivity index (χ1) is 11.3. The van der Waals surface area contributed by atoms with Crippen molar-refractivity contribution in [1.82, 2.24) is 4.98 Å². The molecular formula is C16H19BrN2O4S. The van der Waals surface area contributed by atoms with Crippen molar-refractivity contribution in [1.29, 1.82) is 0 Å². The predicted octanol–water partition coefficient (Wildman–Crippen LogP) is 3.22. The fourth-order valence-corrected chi connectivity index (χ4v) is 3.23. The summed E-state index contributed by atoms with van der Waals surface area (Å²) >= 11 is 3.46. The van der Waals surface area contributed by atoms with Crippen LogP contribution in [0, 0.1) is 6.92 Å². The van der Waals surface area contributed by atoms with Gasteiger partial charge in [0.15, 0.2) is 0 Å². The first-order valence-corrected chi connectivity index (χ1v) is 9.84. The summed E-state index contributed by atoms with van der Waals surface area (Å²) in [7, 11) is -1.70. The van der Waals surface area contributed by atoms with Crippen molar-refractivity contribution in [2.45, 2.75) is 6.92 Å². The number of pyridine rings is 1. The van der Waals surface area contributed by atoms with Gasteiger partial charge in [-0.3, -0.25) is 9.71 Å². The number of benzene rings is 1. The van der Waals surface area contributed by atoms with Crippen LogP contribution in [0.5, 0.6) is 5.75 Å². The molecule has 0 fully saturated rings. The van der Waals surface area contributed by atoms with Crippen molar-refractivity contribution in [2.24, 2.45) is 0 Å². The molecule has 8 heteroatoms. The molecule has 0 aliphatic heterocycles. The Kier molecular flexibility index (Phi) is 6.20. The van der Waals surface area contributed by atoms with Crippen molar-refractivity contribution in [3.8, 4) is 16.9 Å². The van der Waals surface area contributed by atoms with Crippen LogP contribution < -0.4 is 9.46 Å². The van der Waals surface area contributed by atoms with E-state index in [-0.39, 0.29) is 0 Å². The molecule has 0 unspecified atom stereocenters. The Labute approximate surface area is 150 Å². The van der Waals surface area contributed by atoms with Gasteiger partial charge in [-0.15, -0.1) is 0 Å². The van der Waals surface area contributed by atoms with Gasteiger partial charge in [0, 0.05) is 30.8 Å². The maximum atomic E-state index is 11.4. The van der Waals surface area contributed by atoms with E-state index in [4.69, 9.17) is 9.47 Å². The highest BCUT2D eigenvalue weighted by Gasteiger charge is 2.14. The molecule has 130 valence electrons. The molecule has 24 heavy (non-hydrogen) atoms. The number of aromatic nitrogens is 1. The van der Waals surface area contributed by atoms with Crippen molar-refractivity contribution >= 4 is 31.6 Å².